The van der Waals surface area contributed by atoms with Crippen LogP contribution < -0.4 is 10.1 Å². The third kappa shape index (κ3) is 3.01. The number of carbonyl (C=O) groups is 1. The van der Waals surface area contributed by atoms with E-state index in [1.54, 1.807) is 23.9 Å². The van der Waals surface area contributed by atoms with E-state index in [0.29, 0.717) is 11.3 Å². The van der Waals surface area contributed by atoms with Crippen LogP contribution in [0, 0.1) is 0 Å². The number of aromatic nitrogens is 2. The van der Waals surface area contributed by atoms with Gasteiger partial charge >= 0.3 is 0 Å². The van der Waals surface area contributed by atoms with Gasteiger partial charge in [-0.15, -0.1) is 0 Å². The number of nitrogens with one attached hydrogen (secondary N) is 1. The summed E-state index contributed by atoms with van der Waals surface area (Å²) in [7, 11) is 3.38. The number of rotatable bonds is 4. The summed E-state index contributed by atoms with van der Waals surface area (Å²) in [6.45, 7) is 1.89. The van der Waals surface area contributed by atoms with Crippen molar-refractivity contribution in [3.05, 3.63) is 46.2 Å². The molecule has 1 atom stereocenters. The van der Waals surface area contributed by atoms with Gasteiger partial charge in [-0.3, -0.25) is 9.48 Å². The molecule has 1 heterocycles. The predicted octanol–water partition coefficient (Wildman–Crippen LogP) is 2.68. The number of amides is 1. The molecule has 20 heavy (non-hydrogen) atoms. The highest BCUT2D eigenvalue weighted by Crippen LogP contribution is 2.29. The zero-order chi connectivity index (χ0) is 14.7. The maximum absolute atomic E-state index is 12.3. The topological polar surface area (TPSA) is 56.1 Å². The maximum Gasteiger partial charge on any atom is 0.255 e. The molecule has 0 radical (unpaired) electrons. The molecule has 1 aromatic heterocycles. The van der Waals surface area contributed by atoms with E-state index in [1.165, 1.54) is 0 Å². The molecular weight excluding hydrogens is 322 g/mol. The van der Waals surface area contributed by atoms with Gasteiger partial charge in [0.05, 0.1) is 28.9 Å². The minimum atomic E-state index is -0.193. The standard InChI is InChI=1S/C14H16BrN3O2/c1-9(12-7-8-18(2)17-12)16-14(19)10-5-4-6-11(15)13(10)20-3/h4-9H,1-3H3,(H,16,19). The molecule has 2 aromatic rings. The molecule has 0 saturated heterocycles. The van der Waals surface area contributed by atoms with Gasteiger partial charge in [0, 0.05) is 13.2 Å². The van der Waals surface area contributed by atoms with Crippen molar-refractivity contribution in [3.63, 3.8) is 0 Å². The van der Waals surface area contributed by atoms with Gasteiger partial charge in [0.1, 0.15) is 5.75 Å². The van der Waals surface area contributed by atoms with Crippen molar-refractivity contribution in [2.24, 2.45) is 7.05 Å². The normalized spacial score (nSPS) is 12.0. The van der Waals surface area contributed by atoms with E-state index in [1.807, 2.05) is 32.3 Å². The quantitative estimate of drug-likeness (QED) is 0.933. The summed E-state index contributed by atoms with van der Waals surface area (Å²) in [6, 6.07) is 7.06. The Morgan fingerprint density at radius 2 is 2.20 bits per heavy atom. The molecule has 1 N–H and O–H groups in total. The molecule has 0 spiro atoms. The van der Waals surface area contributed by atoms with Gasteiger partial charge in [-0.1, -0.05) is 6.07 Å². The molecule has 106 valence electrons. The fraction of sp³-hybridized carbons (Fsp3) is 0.286. The Hall–Kier alpha value is -1.82. The van der Waals surface area contributed by atoms with Crippen LogP contribution in [0.3, 0.4) is 0 Å². The van der Waals surface area contributed by atoms with E-state index in [9.17, 15) is 4.79 Å². The minimum absolute atomic E-state index is 0.174. The van der Waals surface area contributed by atoms with Crippen LogP contribution in [0.15, 0.2) is 34.9 Å². The summed E-state index contributed by atoms with van der Waals surface area (Å²) in [6.07, 6.45) is 1.84. The lowest BCUT2D eigenvalue weighted by Gasteiger charge is -2.14. The fourth-order valence-corrected chi connectivity index (χ4v) is 2.44. The van der Waals surface area contributed by atoms with Crippen LogP contribution in [0.25, 0.3) is 0 Å². The fourth-order valence-electron chi connectivity index (χ4n) is 1.91. The number of para-hydroxylation sites is 1. The van der Waals surface area contributed by atoms with Gasteiger partial charge < -0.3 is 10.1 Å². The van der Waals surface area contributed by atoms with Crippen molar-refractivity contribution >= 4 is 21.8 Å². The number of hydrogen-bond donors (Lipinski definition) is 1. The summed E-state index contributed by atoms with van der Waals surface area (Å²) in [5.74, 6) is 0.333. The summed E-state index contributed by atoms with van der Waals surface area (Å²) in [5, 5.41) is 7.19. The van der Waals surface area contributed by atoms with Crippen LogP contribution in [0.4, 0.5) is 0 Å². The number of halogens is 1. The Morgan fingerprint density at radius 3 is 2.80 bits per heavy atom. The molecule has 0 aliphatic carbocycles. The Morgan fingerprint density at radius 1 is 1.45 bits per heavy atom. The highest BCUT2D eigenvalue weighted by molar-refractivity contribution is 9.10. The molecule has 1 amide bonds. The van der Waals surface area contributed by atoms with Crippen LogP contribution in [-0.2, 0) is 7.05 Å². The first-order valence-corrected chi connectivity index (χ1v) is 6.95. The number of aryl methyl sites for hydroxylation is 1. The zero-order valence-electron chi connectivity index (χ0n) is 11.6. The SMILES string of the molecule is COc1c(Br)cccc1C(=O)NC(C)c1ccn(C)n1. The van der Waals surface area contributed by atoms with Crippen molar-refractivity contribution in [1.82, 2.24) is 15.1 Å². The molecular formula is C14H16BrN3O2. The largest absolute Gasteiger partial charge is 0.495 e. The summed E-state index contributed by atoms with van der Waals surface area (Å²) < 4.78 is 7.72. The monoisotopic (exact) mass is 337 g/mol. The molecule has 1 unspecified atom stereocenters. The van der Waals surface area contributed by atoms with Crippen LogP contribution in [-0.4, -0.2) is 22.8 Å². The van der Waals surface area contributed by atoms with Gasteiger partial charge in [0.25, 0.3) is 5.91 Å². The van der Waals surface area contributed by atoms with Gasteiger partial charge in [-0.2, -0.15) is 5.10 Å². The van der Waals surface area contributed by atoms with Gasteiger partial charge in [0.15, 0.2) is 0 Å². The molecule has 0 bridgehead atoms. The van der Waals surface area contributed by atoms with Crippen molar-refractivity contribution in [3.8, 4) is 5.75 Å². The second-order valence-electron chi connectivity index (χ2n) is 4.43. The highest BCUT2D eigenvalue weighted by Gasteiger charge is 2.18. The lowest BCUT2D eigenvalue weighted by atomic mass is 10.1. The van der Waals surface area contributed by atoms with Crippen LogP contribution in [0.5, 0.6) is 5.75 Å². The lowest BCUT2D eigenvalue weighted by molar-refractivity contribution is 0.0936. The minimum Gasteiger partial charge on any atom is -0.495 e. The number of methoxy groups -OCH3 is 1. The lowest BCUT2D eigenvalue weighted by Crippen LogP contribution is -2.27. The first kappa shape index (κ1) is 14.6. The third-order valence-corrected chi connectivity index (χ3v) is 3.57. The van der Waals surface area contributed by atoms with E-state index in [-0.39, 0.29) is 11.9 Å². The molecule has 0 saturated carbocycles. The first-order chi connectivity index (χ1) is 9.52. The van der Waals surface area contributed by atoms with E-state index >= 15 is 0 Å². The Bertz CT molecular complexity index is 625. The van der Waals surface area contributed by atoms with Crippen LogP contribution >= 0.6 is 15.9 Å². The number of hydrogen-bond acceptors (Lipinski definition) is 3. The first-order valence-electron chi connectivity index (χ1n) is 6.16. The Kier molecular flexibility index (Phi) is 4.44. The summed E-state index contributed by atoms with van der Waals surface area (Å²) in [4.78, 5) is 12.3. The van der Waals surface area contributed by atoms with Crippen molar-refractivity contribution in [2.75, 3.05) is 7.11 Å². The van der Waals surface area contributed by atoms with Gasteiger partial charge in [0.2, 0.25) is 0 Å². The maximum atomic E-state index is 12.3. The second kappa shape index (κ2) is 6.09. The van der Waals surface area contributed by atoms with Crippen LogP contribution in [0.2, 0.25) is 0 Å². The molecule has 5 nitrogen and oxygen atoms in total. The van der Waals surface area contributed by atoms with Crippen molar-refractivity contribution in [2.45, 2.75) is 13.0 Å². The summed E-state index contributed by atoms with van der Waals surface area (Å²) >= 11 is 3.37. The predicted molar refractivity (Wildman–Crippen MR) is 79.8 cm³/mol. The van der Waals surface area contributed by atoms with Gasteiger partial charge in [-0.25, -0.2) is 0 Å². The van der Waals surface area contributed by atoms with E-state index < -0.39 is 0 Å². The second-order valence-corrected chi connectivity index (χ2v) is 5.28. The summed E-state index contributed by atoms with van der Waals surface area (Å²) in [5.41, 5.74) is 1.31. The molecule has 2 rings (SSSR count). The van der Waals surface area contributed by atoms with E-state index in [0.717, 1.165) is 10.2 Å². The van der Waals surface area contributed by atoms with Crippen molar-refractivity contribution < 1.29 is 9.53 Å². The molecule has 6 heteroatoms. The number of benzene rings is 1. The highest BCUT2D eigenvalue weighted by atomic mass is 79.9. The van der Waals surface area contributed by atoms with Crippen LogP contribution in [0.1, 0.15) is 29.0 Å². The third-order valence-electron chi connectivity index (χ3n) is 2.94. The Labute approximate surface area is 126 Å². The van der Waals surface area contributed by atoms with Crippen molar-refractivity contribution in [1.29, 1.82) is 0 Å². The number of carbonyl (C=O) groups excluding carboxylic acids is 1. The number of nitrogens with zero attached hydrogens (tertiary/aromatic N) is 2. The average molecular weight is 338 g/mol. The van der Waals surface area contributed by atoms with E-state index in [4.69, 9.17) is 4.74 Å². The molecule has 1 aromatic carbocycles. The number of ether oxygens (including phenoxy) is 1. The molecule has 0 fully saturated rings. The zero-order valence-corrected chi connectivity index (χ0v) is 13.1. The molecule has 0 aliphatic rings. The van der Waals surface area contributed by atoms with E-state index in [2.05, 4.69) is 26.3 Å². The van der Waals surface area contributed by atoms with Gasteiger partial charge in [-0.05, 0) is 41.1 Å². The average Bonchev–Trinajstić information content (AvgIpc) is 2.85. The molecule has 0 aliphatic heterocycles. The smallest absolute Gasteiger partial charge is 0.255 e. The Balaban J connectivity index is 2.18.